The first-order valence-corrected chi connectivity index (χ1v) is 11.6. The molecule has 178 valence electrons. The van der Waals surface area contributed by atoms with E-state index in [2.05, 4.69) is 10.9 Å². The third-order valence-electron chi connectivity index (χ3n) is 4.71. The van der Waals surface area contributed by atoms with Crippen LogP contribution in [-0.2, 0) is 11.3 Å². The van der Waals surface area contributed by atoms with Crippen molar-refractivity contribution in [2.45, 2.75) is 27.3 Å². The largest absolute Gasteiger partial charge is 0.490 e. The Labute approximate surface area is 201 Å². The fraction of sp³-hybridized carbons (Fsp3) is 0.320. The predicted molar refractivity (Wildman–Crippen MR) is 130 cm³/mol. The van der Waals surface area contributed by atoms with Gasteiger partial charge in [-0.2, -0.15) is 4.99 Å². The van der Waals surface area contributed by atoms with Crippen LogP contribution in [-0.4, -0.2) is 43.4 Å². The Kier molecular flexibility index (Phi) is 8.33. The normalized spacial score (nSPS) is 11.2. The summed E-state index contributed by atoms with van der Waals surface area (Å²) in [6, 6.07) is 8.29. The zero-order chi connectivity index (χ0) is 24.7. The summed E-state index contributed by atoms with van der Waals surface area (Å²) < 4.78 is 24.4. The van der Waals surface area contributed by atoms with Gasteiger partial charge < -0.3 is 23.5 Å². The van der Waals surface area contributed by atoms with Crippen LogP contribution in [0.4, 0.5) is 0 Å². The highest BCUT2D eigenvalue weighted by molar-refractivity contribution is 7.16. The molecule has 0 bridgehead atoms. The number of fused-ring (bicyclic) bond motifs is 1. The smallest absolute Gasteiger partial charge is 0.337 e. The number of terminal acetylenes is 1. The van der Waals surface area contributed by atoms with Crippen LogP contribution in [0.2, 0.25) is 0 Å². The molecule has 0 radical (unpaired) electrons. The van der Waals surface area contributed by atoms with Crippen LogP contribution in [0.15, 0.2) is 35.3 Å². The molecule has 0 aliphatic heterocycles. The van der Waals surface area contributed by atoms with Crippen LogP contribution < -0.4 is 19.0 Å². The van der Waals surface area contributed by atoms with Crippen LogP contribution in [0, 0.1) is 12.3 Å². The van der Waals surface area contributed by atoms with E-state index in [1.807, 2.05) is 20.8 Å². The minimum atomic E-state index is -0.490. The Bertz CT molecular complexity index is 1290. The molecule has 1 heterocycles. The number of hydrogen-bond donors (Lipinski definition) is 0. The molecule has 8 nitrogen and oxygen atoms in total. The summed E-state index contributed by atoms with van der Waals surface area (Å²) in [6.07, 6.45) is 5.56. The summed E-state index contributed by atoms with van der Waals surface area (Å²) in [7, 11) is 1.32. The molecule has 0 atom stereocenters. The number of thiazole rings is 1. The van der Waals surface area contributed by atoms with Gasteiger partial charge in [0.15, 0.2) is 16.3 Å². The first-order valence-electron chi connectivity index (χ1n) is 10.8. The fourth-order valence-electron chi connectivity index (χ4n) is 3.31. The van der Waals surface area contributed by atoms with E-state index < -0.39 is 11.9 Å². The lowest BCUT2D eigenvalue weighted by Crippen LogP contribution is -2.16. The number of rotatable bonds is 9. The lowest BCUT2D eigenvalue weighted by molar-refractivity contribution is 0.0600. The summed E-state index contributed by atoms with van der Waals surface area (Å²) >= 11 is 1.25. The van der Waals surface area contributed by atoms with Gasteiger partial charge >= 0.3 is 5.97 Å². The maximum atomic E-state index is 13.2. The minimum absolute atomic E-state index is 0.210. The molecule has 0 saturated heterocycles. The summed E-state index contributed by atoms with van der Waals surface area (Å²) in [5.74, 6) is 2.91. The Hall–Kier alpha value is -3.77. The average molecular weight is 483 g/mol. The molecule has 0 unspecified atom stereocenters. The standard InChI is InChI=1S/C25H26N2O6S/c1-6-12-27-18-11-10-16(24(29)30-5)15-21(18)34-25(27)26-23(28)17-13-19(31-7-2)22(33-9-4)20(14-17)32-8-3/h1,10-11,13-15H,7-9,12H2,2-5H3. The fourth-order valence-corrected chi connectivity index (χ4v) is 4.38. The van der Waals surface area contributed by atoms with Crippen LogP contribution in [0.25, 0.3) is 10.2 Å². The number of carbonyl (C=O) groups excluding carboxylic acids is 2. The molecular weight excluding hydrogens is 456 g/mol. The summed E-state index contributed by atoms with van der Waals surface area (Å²) in [5, 5.41) is 0. The Balaban J connectivity index is 2.14. The van der Waals surface area contributed by atoms with Gasteiger partial charge in [-0.1, -0.05) is 17.3 Å². The van der Waals surface area contributed by atoms with Gasteiger partial charge in [-0.25, -0.2) is 4.79 Å². The molecule has 34 heavy (non-hydrogen) atoms. The van der Waals surface area contributed by atoms with Crippen molar-refractivity contribution in [1.29, 1.82) is 0 Å². The summed E-state index contributed by atoms with van der Waals surface area (Å²) in [6.45, 7) is 6.95. The molecule has 2 aromatic carbocycles. The number of ether oxygens (including phenoxy) is 4. The number of amides is 1. The van der Waals surface area contributed by atoms with E-state index in [9.17, 15) is 9.59 Å². The van der Waals surface area contributed by atoms with Gasteiger partial charge in [-0.05, 0) is 51.1 Å². The first kappa shape index (κ1) is 24.9. The quantitative estimate of drug-likeness (QED) is 0.338. The number of aromatic nitrogens is 1. The Morgan fingerprint density at radius 3 is 2.21 bits per heavy atom. The maximum absolute atomic E-state index is 13.2. The lowest BCUT2D eigenvalue weighted by atomic mass is 10.1. The van der Waals surface area contributed by atoms with Crippen molar-refractivity contribution in [3.8, 4) is 29.6 Å². The second kappa shape index (κ2) is 11.4. The van der Waals surface area contributed by atoms with Gasteiger partial charge in [0.25, 0.3) is 5.91 Å². The SMILES string of the molecule is C#CCn1c(=NC(=O)c2cc(OCC)c(OCC)c(OCC)c2)sc2cc(C(=O)OC)ccc21. The molecule has 3 aromatic rings. The minimum Gasteiger partial charge on any atom is -0.490 e. The molecule has 0 aliphatic rings. The third-order valence-corrected chi connectivity index (χ3v) is 5.75. The number of esters is 1. The lowest BCUT2D eigenvalue weighted by Gasteiger charge is -2.16. The van der Waals surface area contributed by atoms with Gasteiger partial charge in [0, 0.05) is 5.56 Å². The number of carbonyl (C=O) groups is 2. The number of nitrogens with zero attached hydrogens (tertiary/aromatic N) is 2. The van der Waals surface area contributed by atoms with Crippen molar-refractivity contribution >= 4 is 33.4 Å². The molecule has 3 rings (SSSR count). The molecule has 1 aromatic heterocycles. The maximum Gasteiger partial charge on any atom is 0.337 e. The van der Waals surface area contributed by atoms with Crippen molar-refractivity contribution in [1.82, 2.24) is 4.57 Å². The van der Waals surface area contributed by atoms with Crippen molar-refractivity contribution in [3.63, 3.8) is 0 Å². The molecule has 9 heteroatoms. The zero-order valence-corrected chi connectivity index (χ0v) is 20.4. The van der Waals surface area contributed by atoms with Gasteiger partial charge in [0.05, 0.1) is 49.3 Å². The topological polar surface area (TPSA) is 88.4 Å². The van der Waals surface area contributed by atoms with Crippen LogP contribution in [0.3, 0.4) is 0 Å². The van der Waals surface area contributed by atoms with Crippen LogP contribution >= 0.6 is 11.3 Å². The predicted octanol–water partition coefficient (Wildman–Crippen LogP) is 4.06. The molecule has 0 aliphatic carbocycles. The van der Waals surface area contributed by atoms with Crippen molar-refractivity contribution in [2.75, 3.05) is 26.9 Å². The molecule has 0 saturated carbocycles. The first-order chi connectivity index (χ1) is 16.5. The zero-order valence-electron chi connectivity index (χ0n) is 19.5. The van der Waals surface area contributed by atoms with Gasteiger partial charge in [0.2, 0.25) is 5.75 Å². The van der Waals surface area contributed by atoms with Gasteiger partial charge in [-0.15, -0.1) is 6.42 Å². The molecule has 0 N–H and O–H groups in total. The van der Waals surface area contributed by atoms with E-state index in [-0.39, 0.29) is 12.1 Å². The number of methoxy groups -OCH3 is 1. The third kappa shape index (κ3) is 5.24. The molecule has 0 fully saturated rings. The van der Waals surface area contributed by atoms with Crippen LogP contribution in [0.5, 0.6) is 17.2 Å². The monoisotopic (exact) mass is 482 g/mol. The highest BCUT2D eigenvalue weighted by Crippen LogP contribution is 2.39. The van der Waals surface area contributed by atoms with E-state index >= 15 is 0 Å². The van der Waals surface area contributed by atoms with Crippen molar-refractivity contribution in [3.05, 3.63) is 46.3 Å². The second-order valence-electron chi connectivity index (χ2n) is 6.87. The Morgan fingerprint density at radius 2 is 1.65 bits per heavy atom. The highest BCUT2D eigenvalue weighted by atomic mass is 32.1. The molecule has 1 amide bonds. The highest BCUT2D eigenvalue weighted by Gasteiger charge is 2.19. The molecular formula is C25H26N2O6S. The van der Waals surface area contributed by atoms with E-state index in [4.69, 9.17) is 25.4 Å². The summed E-state index contributed by atoms with van der Waals surface area (Å²) in [5.41, 5.74) is 1.45. The molecule has 0 spiro atoms. The second-order valence-corrected chi connectivity index (χ2v) is 7.88. The van der Waals surface area contributed by atoms with Crippen molar-refractivity contribution in [2.24, 2.45) is 4.99 Å². The van der Waals surface area contributed by atoms with Gasteiger partial charge in [-0.3, -0.25) is 4.79 Å². The van der Waals surface area contributed by atoms with E-state index in [0.29, 0.717) is 47.4 Å². The van der Waals surface area contributed by atoms with E-state index in [1.54, 1.807) is 34.9 Å². The van der Waals surface area contributed by atoms with E-state index in [1.165, 1.54) is 18.4 Å². The van der Waals surface area contributed by atoms with Crippen molar-refractivity contribution < 1.29 is 28.5 Å². The average Bonchev–Trinajstić information content (AvgIpc) is 3.17. The van der Waals surface area contributed by atoms with Gasteiger partial charge in [0.1, 0.15) is 0 Å². The number of benzene rings is 2. The van der Waals surface area contributed by atoms with E-state index in [0.717, 1.165) is 10.2 Å². The number of hydrogen-bond acceptors (Lipinski definition) is 7. The summed E-state index contributed by atoms with van der Waals surface area (Å²) in [4.78, 5) is 29.9. The Morgan fingerprint density at radius 1 is 1.00 bits per heavy atom. The van der Waals surface area contributed by atoms with Crippen LogP contribution in [0.1, 0.15) is 41.5 Å².